The monoisotopic (exact) mass is 492 g/mol. The molecule has 1 aromatic heterocycles. The Balaban J connectivity index is 1.61. The van der Waals surface area contributed by atoms with Crippen LogP contribution in [-0.4, -0.2) is 80.0 Å². The van der Waals surface area contributed by atoms with Crippen molar-refractivity contribution in [3.63, 3.8) is 0 Å². The number of hydrogen-bond acceptors (Lipinski definition) is 7. The van der Waals surface area contributed by atoms with E-state index in [1.807, 2.05) is 31.2 Å². The van der Waals surface area contributed by atoms with E-state index in [0.717, 1.165) is 17.8 Å². The fourth-order valence-corrected chi connectivity index (χ4v) is 7.10. The van der Waals surface area contributed by atoms with Crippen LogP contribution in [0.25, 0.3) is 0 Å². The van der Waals surface area contributed by atoms with Gasteiger partial charge in [0.15, 0.2) is 0 Å². The average Bonchev–Trinajstić information content (AvgIpc) is 3.32. The molecule has 2 aliphatic heterocycles. The Morgan fingerprint density at radius 3 is 2.52 bits per heavy atom. The largest absolute Gasteiger partial charge is 0.386 e. The van der Waals surface area contributed by atoms with Gasteiger partial charge in [0.25, 0.3) is 10.0 Å². The maximum atomic E-state index is 13.2. The zero-order chi connectivity index (χ0) is 23.8. The summed E-state index contributed by atoms with van der Waals surface area (Å²) in [6.07, 6.45) is 0. The van der Waals surface area contributed by atoms with Gasteiger partial charge in [0.1, 0.15) is 4.21 Å². The van der Waals surface area contributed by atoms with E-state index in [9.17, 15) is 18.3 Å². The molecular formula is C23H32N4O4S2. The number of benzene rings is 1. The maximum absolute atomic E-state index is 13.2. The number of amides is 1. The molecule has 0 bridgehead atoms. The van der Waals surface area contributed by atoms with Crippen LogP contribution in [0.4, 0.5) is 5.69 Å². The molecule has 8 nitrogen and oxygen atoms in total. The van der Waals surface area contributed by atoms with Gasteiger partial charge in [-0.2, -0.15) is 4.31 Å². The summed E-state index contributed by atoms with van der Waals surface area (Å²) >= 11 is 1.23. The summed E-state index contributed by atoms with van der Waals surface area (Å²) in [6.45, 7) is 8.58. The summed E-state index contributed by atoms with van der Waals surface area (Å²) in [5.41, 5.74) is 0.875. The number of aliphatic hydroxyl groups is 1. The van der Waals surface area contributed by atoms with E-state index in [-0.39, 0.29) is 18.0 Å². The molecule has 2 N–H and O–H groups in total. The Hall–Kier alpha value is -1.98. The summed E-state index contributed by atoms with van der Waals surface area (Å²) in [6, 6.07) is 10.8. The number of nitrogens with zero attached hydrogens (tertiary/aromatic N) is 3. The van der Waals surface area contributed by atoms with Crippen molar-refractivity contribution in [1.82, 2.24) is 14.5 Å². The Bertz CT molecular complexity index is 1060. The molecule has 180 valence electrons. The lowest BCUT2D eigenvalue weighted by Crippen LogP contribution is -2.62. The first-order valence-corrected chi connectivity index (χ1v) is 13.5. The van der Waals surface area contributed by atoms with Gasteiger partial charge in [-0.3, -0.25) is 9.69 Å². The van der Waals surface area contributed by atoms with Gasteiger partial charge in [-0.05, 0) is 49.9 Å². The fraction of sp³-hybridized carbons (Fsp3) is 0.522. The van der Waals surface area contributed by atoms with E-state index < -0.39 is 15.6 Å². The van der Waals surface area contributed by atoms with E-state index in [1.54, 1.807) is 35.7 Å². The summed E-state index contributed by atoms with van der Waals surface area (Å²) in [5, 5.41) is 15.0. The third-order valence-electron chi connectivity index (χ3n) is 6.51. The van der Waals surface area contributed by atoms with Crippen molar-refractivity contribution in [3.05, 3.63) is 47.3 Å². The van der Waals surface area contributed by atoms with Crippen molar-refractivity contribution >= 4 is 33.0 Å². The molecule has 0 unspecified atom stereocenters. The lowest BCUT2D eigenvalue weighted by Gasteiger charge is -2.45. The quantitative estimate of drug-likeness (QED) is 0.637. The molecule has 2 fully saturated rings. The van der Waals surface area contributed by atoms with Crippen LogP contribution in [0.3, 0.4) is 0 Å². The molecule has 0 radical (unpaired) electrons. The van der Waals surface area contributed by atoms with Gasteiger partial charge in [0, 0.05) is 45.0 Å². The number of piperazine rings is 2. The van der Waals surface area contributed by atoms with Crippen molar-refractivity contribution < 1.29 is 18.3 Å². The Morgan fingerprint density at radius 2 is 1.88 bits per heavy atom. The average molecular weight is 493 g/mol. The third-order valence-corrected chi connectivity index (χ3v) is 9.75. The van der Waals surface area contributed by atoms with E-state index in [4.69, 9.17) is 0 Å². The lowest BCUT2D eigenvalue weighted by molar-refractivity contribution is -0.128. The van der Waals surface area contributed by atoms with Crippen molar-refractivity contribution in [1.29, 1.82) is 0 Å². The van der Waals surface area contributed by atoms with Crippen LogP contribution in [0.1, 0.15) is 26.3 Å². The van der Waals surface area contributed by atoms with E-state index >= 15 is 0 Å². The van der Waals surface area contributed by atoms with Crippen LogP contribution >= 0.6 is 11.3 Å². The van der Waals surface area contributed by atoms with Gasteiger partial charge < -0.3 is 15.3 Å². The first-order valence-electron chi connectivity index (χ1n) is 11.2. The molecule has 0 aliphatic carbocycles. The highest BCUT2D eigenvalue weighted by molar-refractivity contribution is 7.91. The van der Waals surface area contributed by atoms with Gasteiger partial charge in [-0.15, -0.1) is 11.3 Å². The second-order valence-electron chi connectivity index (χ2n) is 9.21. The number of anilines is 1. The normalized spacial score (nSPS) is 23.5. The van der Waals surface area contributed by atoms with Crippen LogP contribution in [0, 0.1) is 0 Å². The van der Waals surface area contributed by atoms with Crippen LogP contribution in [-0.2, 0) is 20.4 Å². The highest BCUT2D eigenvalue weighted by Gasteiger charge is 2.37. The van der Waals surface area contributed by atoms with Gasteiger partial charge in [-0.1, -0.05) is 18.2 Å². The topological polar surface area (TPSA) is 93.2 Å². The standard InChI is InChI=1S/C23H32N4O4S2/c1-17-22(28)24-10-11-25(17)15-20-16-26(33(30,31)21-5-4-14-32-21)12-13-27(20)19-8-6-18(7-9-19)23(2,3)29/h4-9,14,17,20,29H,10-13,15-16H2,1-3H3,(H,24,28)/t17-,20-/m0/s1. The van der Waals surface area contributed by atoms with Crippen LogP contribution < -0.4 is 10.2 Å². The molecule has 2 saturated heterocycles. The molecule has 1 aromatic carbocycles. The molecule has 33 heavy (non-hydrogen) atoms. The van der Waals surface area contributed by atoms with Crippen molar-refractivity contribution in [3.8, 4) is 0 Å². The number of thiophene rings is 1. The van der Waals surface area contributed by atoms with Gasteiger partial charge in [-0.25, -0.2) is 8.42 Å². The van der Waals surface area contributed by atoms with Gasteiger partial charge >= 0.3 is 0 Å². The molecule has 2 atom stereocenters. The van der Waals surface area contributed by atoms with Crippen molar-refractivity contribution in [2.75, 3.05) is 44.2 Å². The Labute approximate surface area is 199 Å². The minimum Gasteiger partial charge on any atom is -0.386 e. The van der Waals surface area contributed by atoms with E-state index in [1.165, 1.54) is 11.3 Å². The number of sulfonamides is 1. The molecule has 1 amide bonds. The number of carbonyl (C=O) groups is 1. The van der Waals surface area contributed by atoms with Crippen LogP contribution in [0.2, 0.25) is 0 Å². The van der Waals surface area contributed by atoms with Crippen LogP contribution in [0.5, 0.6) is 0 Å². The first-order chi connectivity index (χ1) is 15.6. The maximum Gasteiger partial charge on any atom is 0.252 e. The number of nitrogens with one attached hydrogen (secondary N) is 1. The zero-order valence-corrected chi connectivity index (χ0v) is 20.9. The van der Waals surface area contributed by atoms with Crippen molar-refractivity contribution in [2.24, 2.45) is 0 Å². The summed E-state index contributed by atoms with van der Waals surface area (Å²) in [5.74, 6) is 0.00111. The summed E-state index contributed by atoms with van der Waals surface area (Å²) in [7, 11) is -3.55. The van der Waals surface area contributed by atoms with E-state index in [2.05, 4.69) is 15.1 Å². The minimum absolute atomic E-state index is 0.00111. The van der Waals surface area contributed by atoms with Crippen molar-refractivity contribution in [2.45, 2.75) is 42.7 Å². The number of rotatable bonds is 6. The second kappa shape index (κ2) is 9.34. The third kappa shape index (κ3) is 5.09. The highest BCUT2D eigenvalue weighted by atomic mass is 32.2. The molecule has 2 aromatic rings. The summed E-state index contributed by atoms with van der Waals surface area (Å²) < 4.78 is 28.4. The molecule has 3 heterocycles. The lowest BCUT2D eigenvalue weighted by atomic mass is 9.98. The fourth-order valence-electron chi connectivity index (χ4n) is 4.49. The van der Waals surface area contributed by atoms with E-state index in [0.29, 0.717) is 36.9 Å². The zero-order valence-electron chi connectivity index (χ0n) is 19.3. The Morgan fingerprint density at radius 1 is 1.15 bits per heavy atom. The minimum atomic E-state index is -3.55. The van der Waals surface area contributed by atoms with Gasteiger partial charge in [0.2, 0.25) is 5.91 Å². The summed E-state index contributed by atoms with van der Waals surface area (Å²) in [4.78, 5) is 16.6. The molecule has 4 rings (SSSR count). The molecular weight excluding hydrogens is 460 g/mol. The smallest absolute Gasteiger partial charge is 0.252 e. The number of carbonyl (C=O) groups excluding carboxylic acids is 1. The predicted molar refractivity (Wildman–Crippen MR) is 130 cm³/mol. The highest BCUT2D eigenvalue weighted by Crippen LogP contribution is 2.29. The SMILES string of the molecule is C[C@H]1C(=O)NCCN1C[C@H]1CN(S(=O)(=O)c2cccs2)CCN1c1ccc(C(C)(C)O)cc1. The van der Waals surface area contributed by atoms with Crippen LogP contribution in [0.15, 0.2) is 46.0 Å². The molecule has 0 spiro atoms. The first kappa shape index (κ1) is 24.2. The molecule has 2 aliphatic rings. The second-order valence-corrected chi connectivity index (χ2v) is 12.3. The Kier molecular flexibility index (Phi) is 6.84. The van der Waals surface area contributed by atoms with Gasteiger partial charge in [0.05, 0.1) is 17.7 Å². The molecule has 0 saturated carbocycles. The molecule has 10 heteroatoms. The predicted octanol–water partition coefficient (Wildman–Crippen LogP) is 1.68. The number of hydrogen-bond donors (Lipinski definition) is 2.